The summed E-state index contributed by atoms with van der Waals surface area (Å²) in [6.45, 7) is -0.0570. The second-order valence-electron chi connectivity index (χ2n) is 4.80. The number of benzene rings is 2. The fourth-order valence-electron chi connectivity index (χ4n) is 2.25. The van der Waals surface area contributed by atoms with Crippen LogP contribution in [0.3, 0.4) is 0 Å². The quantitative estimate of drug-likeness (QED) is 0.612. The number of hydrogen-bond acceptors (Lipinski definition) is 5. The molecular weight excluding hydrogens is 270 g/mol. The van der Waals surface area contributed by atoms with Gasteiger partial charge in [0.2, 0.25) is 0 Å². The minimum absolute atomic E-state index is 0.0105. The summed E-state index contributed by atoms with van der Waals surface area (Å²) in [6.07, 6.45) is 0.262. The second kappa shape index (κ2) is 7.08. The maximum atomic E-state index is 10.1. The van der Waals surface area contributed by atoms with E-state index in [2.05, 4.69) is 0 Å². The fourth-order valence-corrected chi connectivity index (χ4v) is 2.25. The Hall–Kier alpha value is -2.08. The molecule has 2 aromatic carbocycles. The highest BCUT2D eigenvalue weighted by Gasteiger charge is 2.18. The Morgan fingerprint density at radius 2 is 1.52 bits per heavy atom. The standard InChI is InChI=1S/C16H19NO4/c18-11-14(12-5-2-1-3-6-12)17(21)10-9-13-15(19)7-4-8-16(13)20/h1-8,14,18-21H,9-11H2. The molecule has 0 aromatic heterocycles. The molecule has 5 nitrogen and oxygen atoms in total. The molecule has 0 aliphatic carbocycles. The molecule has 5 heteroatoms. The Labute approximate surface area is 123 Å². The fraction of sp³-hybridized carbons (Fsp3) is 0.250. The number of aromatic hydroxyl groups is 2. The van der Waals surface area contributed by atoms with Crippen LogP contribution in [0.1, 0.15) is 17.2 Å². The molecular formula is C16H19NO4. The van der Waals surface area contributed by atoms with Gasteiger partial charge in [-0.1, -0.05) is 36.4 Å². The molecule has 0 spiro atoms. The number of hydroxylamine groups is 2. The molecule has 0 heterocycles. The third-order valence-corrected chi connectivity index (χ3v) is 3.43. The lowest BCUT2D eigenvalue weighted by Crippen LogP contribution is -2.30. The molecule has 1 atom stereocenters. The number of phenolic OH excluding ortho intramolecular Hbond substituents is 2. The molecule has 2 rings (SSSR count). The summed E-state index contributed by atoms with van der Waals surface area (Å²) in [5.74, 6) is -0.0210. The maximum absolute atomic E-state index is 10.1. The first-order valence-electron chi connectivity index (χ1n) is 6.74. The molecule has 0 bridgehead atoms. The van der Waals surface area contributed by atoms with Gasteiger partial charge in [-0.25, -0.2) is 0 Å². The van der Waals surface area contributed by atoms with Gasteiger partial charge in [0.15, 0.2) is 0 Å². The summed E-state index contributed by atoms with van der Waals surface area (Å²) in [7, 11) is 0. The van der Waals surface area contributed by atoms with E-state index in [0.29, 0.717) is 5.56 Å². The van der Waals surface area contributed by atoms with E-state index in [9.17, 15) is 20.5 Å². The van der Waals surface area contributed by atoms with Crippen molar-refractivity contribution in [3.8, 4) is 11.5 Å². The average molecular weight is 289 g/mol. The van der Waals surface area contributed by atoms with E-state index < -0.39 is 6.04 Å². The zero-order chi connectivity index (χ0) is 15.2. The van der Waals surface area contributed by atoms with Crippen molar-refractivity contribution in [3.63, 3.8) is 0 Å². The van der Waals surface area contributed by atoms with Crippen molar-refractivity contribution in [1.82, 2.24) is 5.06 Å². The highest BCUT2D eigenvalue weighted by atomic mass is 16.5. The van der Waals surface area contributed by atoms with Crippen LogP contribution in [0.5, 0.6) is 11.5 Å². The summed E-state index contributed by atoms with van der Waals surface area (Å²) in [5, 5.41) is 40.0. The Balaban J connectivity index is 2.05. The van der Waals surface area contributed by atoms with Gasteiger partial charge in [-0.3, -0.25) is 0 Å². The lowest BCUT2D eigenvalue weighted by Gasteiger charge is -2.25. The van der Waals surface area contributed by atoms with Crippen LogP contribution in [0.15, 0.2) is 48.5 Å². The van der Waals surface area contributed by atoms with Crippen molar-refractivity contribution in [3.05, 3.63) is 59.7 Å². The van der Waals surface area contributed by atoms with Gasteiger partial charge in [0.25, 0.3) is 0 Å². The molecule has 0 amide bonds. The van der Waals surface area contributed by atoms with Gasteiger partial charge < -0.3 is 20.5 Å². The Morgan fingerprint density at radius 3 is 2.10 bits per heavy atom. The molecule has 0 saturated heterocycles. The lowest BCUT2D eigenvalue weighted by molar-refractivity contribution is -0.138. The predicted molar refractivity (Wildman–Crippen MR) is 78.2 cm³/mol. The Kier molecular flexibility index (Phi) is 5.16. The minimum Gasteiger partial charge on any atom is -0.508 e. The van der Waals surface area contributed by atoms with E-state index in [1.165, 1.54) is 12.1 Å². The van der Waals surface area contributed by atoms with Crippen LogP contribution in [0.25, 0.3) is 0 Å². The number of phenols is 2. The third kappa shape index (κ3) is 3.72. The van der Waals surface area contributed by atoms with Crippen LogP contribution in [-0.2, 0) is 6.42 Å². The Bertz CT molecular complexity index is 553. The molecule has 4 N–H and O–H groups in total. The second-order valence-corrected chi connectivity index (χ2v) is 4.80. The summed E-state index contributed by atoms with van der Waals surface area (Å²) >= 11 is 0. The molecule has 0 saturated carbocycles. The number of rotatable bonds is 6. The summed E-state index contributed by atoms with van der Waals surface area (Å²) < 4.78 is 0. The van der Waals surface area contributed by atoms with Gasteiger partial charge in [0.1, 0.15) is 11.5 Å². The maximum Gasteiger partial charge on any atom is 0.122 e. The van der Waals surface area contributed by atoms with Gasteiger partial charge in [0.05, 0.1) is 12.6 Å². The van der Waals surface area contributed by atoms with Crippen LogP contribution in [0.4, 0.5) is 0 Å². The van der Waals surface area contributed by atoms with Gasteiger partial charge >= 0.3 is 0 Å². The first-order chi connectivity index (χ1) is 10.1. The van der Waals surface area contributed by atoms with E-state index >= 15 is 0 Å². The van der Waals surface area contributed by atoms with Gasteiger partial charge in [-0.2, -0.15) is 5.06 Å². The number of hydrogen-bond donors (Lipinski definition) is 4. The third-order valence-electron chi connectivity index (χ3n) is 3.43. The van der Waals surface area contributed by atoms with Crippen molar-refractivity contribution >= 4 is 0 Å². The van der Waals surface area contributed by atoms with Crippen LogP contribution in [0, 0.1) is 0 Å². The molecule has 0 fully saturated rings. The lowest BCUT2D eigenvalue weighted by atomic mass is 10.1. The molecule has 0 radical (unpaired) electrons. The predicted octanol–water partition coefficient (Wildman–Crippen LogP) is 2.07. The zero-order valence-electron chi connectivity index (χ0n) is 11.6. The molecule has 21 heavy (non-hydrogen) atoms. The first kappa shape index (κ1) is 15.3. The first-order valence-corrected chi connectivity index (χ1v) is 6.74. The topological polar surface area (TPSA) is 84.2 Å². The highest BCUT2D eigenvalue weighted by Crippen LogP contribution is 2.27. The molecule has 0 aliphatic rings. The van der Waals surface area contributed by atoms with E-state index in [-0.39, 0.29) is 31.1 Å². The largest absolute Gasteiger partial charge is 0.508 e. The summed E-state index contributed by atoms with van der Waals surface area (Å²) in [6, 6.07) is 13.1. The van der Waals surface area contributed by atoms with Gasteiger partial charge in [0, 0.05) is 12.1 Å². The van der Waals surface area contributed by atoms with Crippen LogP contribution in [0.2, 0.25) is 0 Å². The minimum atomic E-state index is -0.542. The molecule has 0 aliphatic heterocycles. The van der Waals surface area contributed by atoms with E-state index in [1.54, 1.807) is 6.07 Å². The van der Waals surface area contributed by atoms with Crippen molar-refractivity contribution in [2.75, 3.05) is 13.2 Å². The van der Waals surface area contributed by atoms with Gasteiger partial charge in [-0.05, 0) is 24.1 Å². The molecule has 1 unspecified atom stereocenters. The van der Waals surface area contributed by atoms with Crippen molar-refractivity contribution in [2.45, 2.75) is 12.5 Å². The molecule has 2 aromatic rings. The highest BCUT2D eigenvalue weighted by molar-refractivity contribution is 5.43. The van der Waals surface area contributed by atoms with E-state index in [1.807, 2.05) is 30.3 Å². The number of nitrogens with zero attached hydrogens (tertiary/aromatic N) is 1. The SMILES string of the molecule is OCC(c1ccccc1)N(O)CCc1c(O)cccc1O. The van der Waals surface area contributed by atoms with Crippen molar-refractivity contribution in [1.29, 1.82) is 0 Å². The van der Waals surface area contributed by atoms with Crippen LogP contribution >= 0.6 is 0 Å². The summed E-state index contributed by atoms with van der Waals surface area (Å²) in [5.41, 5.74) is 1.17. The van der Waals surface area contributed by atoms with Crippen LogP contribution in [-0.4, -0.2) is 38.7 Å². The zero-order valence-corrected chi connectivity index (χ0v) is 11.6. The normalized spacial score (nSPS) is 12.5. The number of aliphatic hydroxyl groups excluding tert-OH is 1. The van der Waals surface area contributed by atoms with Crippen molar-refractivity contribution < 1.29 is 20.5 Å². The Morgan fingerprint density at radius 1 is 0.905 bits per heavy atom. The summed E-state index contributed by atoms with van der Waals surface area (Å²) in [4.78, 5) is 0. The van der Waals surface area contributed by atoms with E-state index in [0.717, 1.165) is 10.6 Å². The average Bonchev–Trinajstić information content (AvgIpc) is 2.48. The van der Waals surface area contributed by atoms with Gasteiger partial charge in [-0.15, -0.1) is 0 Å². The molecule has 112 valence electrons. The van der Waals surface area contributed by atoms with Crippen molar-refractivity contribution in [2.24, 2.45) is 0 Å². The number of aliphatic hydroxyl groups is 1. The van der Waals surface area contributed by atoms with Crippen LogP contribution < -0.4 is 0 Å². The van der Waals surface area contributed by atoms with E-state index in [4.69, 9.17) is 0 Å². The smallest absolute Gasteiger partial charge is 0.122 e. The monoisotopic (exact) mass is 289 g/mol.